The third-order valence-electron chi connectivity index (χ3n) is 9.98. The summed E-state index contributed by atoms with van der Waals surface area (Å²) in [5, 5.41) is 0. The maximum Gasteiger partial charge on any atom is 0.343 e. The average molecular weight is 597 g/mol. The summed E-state index contributed by atoms with van der Waals surface area (Å²) in [7, 11) is 0. The summed E-state index contributed by atoms with van der Waals surface area (Å²) in [6.45, 7) is 25.2. The highest BCUT2D eigenvalue weighted by molar-refractivity contribution is 6.02. The number of carbonyl (C=O) groups is 2. The second-order valence-electron chi connectivity index (χ2n) is 12.9. The molecule has 3 aromatic carbocycles. The topological polar surface area (TPSA) is 52.6 Å². The molecule has 0 aliphatic rings. The van der Waals surface area contributed by atoms with Crippen molar-refractivity contribution in [2.75, 3.05) is 0 Å². The van der Waals surface area contributed by atoms with Gasteiger partial charge in [-0.05, 0) is 98.0 Å². The van der Waals surface area contributed by atoms with Crippen molar-refractivity contribution in [2.24, 2.45) is 5.41 Å². The van der Waals surface area contributed by atoms with E-state index in [1.54, 1.807) is 24.3 Å². The second-order valence-corrected chi connectivity index (χ2v) is 12.9. The van der Waals surface area contributed by atoms with E-state index in [9.17, 15) is 9.59 Å². The van der Waals surface area contributed by atoms with Crippen LogP contribution in [0, 0.1) is 19.3 Å². The predicted octanol–water partition coefficient (Wildman–Crippen LogP) is 10.8. The Hall–Kier alpha value is -3.66. The van der Waals surface area contributed by atoms with Crippen LogP contribution in [0.2, 0.25) is 0 Å². The number of hydrogen-bond donors (Lipinski definition) is 0. The van der Waals surface area contributed by atoms with E-state index < -0.39 is 11.4 Å². The maximum atomic E-state index is 13.2. The van der Waals surface area contributed by atoms with Gasteiger partial charge in [-0.2, -0.15) is 0 Å². The molecule has 0 aromatic heterocycles. The van der Waals surface area contributed by atoms with Crippen molar-refractivity contribution in [2.45, 2.75) is 112 Å². The van der Waals surface area contributed by atoms with Crippen LogP contribution in [0.4, 0.5) is 0 Å². The van der Waals surface area contributed by atoms with Gasteiger partial charge in [0, 0.05) is 16.4 Å². The molecule has 3 rings (SSSR count). The van der Waals surface area contributed by atoms with Gasteiger partial charge in [0.25, 0.3) is 0 Å². The summed E-state index contributed by atoms with van der Waals surface area (Å²) in [6, 6.07) is 19.3. The SMILES string of the molecule is C=C(CC)C(CC)(CC)Oc1ccc(C(C)(C)c2ccc(OC(=O)c3cccc(C(=O)C(C)(CC)CC)c3)c(C)c2)cc1C. The Bertz CT molecular complexity index is 1500. The summed E-state index contributed by atoms with van der Waals surface area (Å²) in [6.07, 6.45) is 4.12. The van der Waals surface area contributed by atoms with Crippen LogP contribution in [0.5, 0.6) is 11.5 Å². The van der Waals surface area contributed by atoms with Crippen LogP contribution in [-0.4, -0.2) is 17.4 Å². The Morgan fingerprint density at radius 2 is 1.23 bits per heavy atom. The monoisotopic (exact) mass is 596 g/mol. The van der Waals surface area contributed by atoms with Crippen molar-refractivity contribution in [3.63, 3.8) is 0 Å². The maximum absolute atomic E-state index is 13.2. The highest BCUT2D eigenvalue weighted by atomic mass is 16.5. The molecule has 4 nitrogen and oxygen atoms in total. The van der Waals surface area contributed by atoms with E-state index in [0.717, 1.165) is 60.1 Å². The Labute approximate surface area is 265 Å². The third kappa shape index (κ3) is 7.01. The molecule has 236 valence electrons. The number of hydrogen-bond acceptors (Lipinski definition) is 4. The van der Waals surface area contributed by atoms with Crippen LogP contribution >= 0.6 is 0 Å². The molecule has 0 radical (unpaired) electrons. The fourth-order valence-corrected chi connectivity index (χ4v) is 5.84. The number of benzene rings is 3. The molecule has 0 unspecified atom stereocenters. The number of Topliss-reactive ketones (excluding diaryl/α,β-unsaturated/α-hetero) is 1. The minimum Gasteiger partial charge on any atom is -0.483 e. The van der Waals surface area contributed by atoms with Gasteiger partial charge in [0.2, 0.25) is 0 Å². The molecule has 0 aliphatic carbocycles. The minimum absolute atomic E-state index is 0.0520. The van der Waals surface area contributed by atoms with Gasteiger partial charge < -0.3 is 9.47 Å². The van der Waals surface area contributed by atoms with Crippen molar-refractivity contribution in [3.05, 3.63) is 106 Å². The van der Waals surface area contributed by atoms with Gasteiger partial charge in [0.15, 0.2) is 5.78 Å². The quantitative estimate of drug-likeness (QED) is 0.0804. The summed E-state index contributed by atoms with van der Waals surface area (Å²) in [4.78, 5) is 26.3. The summed E-state index contributed by atoms with van der Waals surface area (Å²) >= 11 is 0. The number of carbonyl (C=O) groups excluding carboxylic acids is 2. The van der Waals surface area contributed by atoms with Crippen molar-refractivity contribution in [1.82, 2.24) is 0 Å². The van der Waals surface area contributed by atoms with Gasteiger partial charge >= 0.3 is 5.97 Å². The van der Waals surface area contributed by atoms with Crippen molar-refractivity contribution >= 4 is 11.8 Å². The largest absolute Gasteiger partial charge is 0.483 e. The van der Waals surface area contributed by atoms with Crippen molar-refractivity contribution in [1.29, 1.82) is 0 Å². The highest BCUT2D eigenvalue weighted by Crippen LogP contribution is 2.39. The lowest BCUT2D eigenvalue weighted by atomic mass is 9.77. The molecule has 0 spiro atoms. The first-order chi connectivity index (χ1) is 20.7. The molecular formula is C40H52O4. The standard InChI is InChI=1S/C40H52O4/c1-12-29(8)40(15-4,16-5)44-35-23-21-33(25-28(35)7)38(9,10)32-20-22-34(27(6)24-32)43-37(42)31-19-17-18-30(26-31)36(41)39(11,13-2)14-3/h17-26H,8,12-16H2,1-7,9-11H3. The molecule has 0 N–H and O–H groups in total. The van der Waals surface area contributed by atoms with E-state index in [4.69, 9.17) is 9.47 Å². The van der Waals surface area contributed by atoms with E-state index >= 15 is 0 Å². The van der Waals surface area contributed by atoms with E-state index in [-0.39, 0.29) is 16.8 Å². The van der Waals surface area contributed by atoms with Crippen LogP contribution in [0.3, 0.4) is 0 Å². The molecule has 0 fully saturated rings. The molecule has 0 aliphatic heterocycles. The van der Waals surface area contributed by atoms with E-state index in [2.05, 4.69) is 72.4 Å². The fourth-order valence-electron chi connectivity index (χ4n) is 5.84. The smallest absolute Gasteiger partial charge is 0.343 e. The Kier molecular flexibility index (Phi) is 11.1. The molecule has 0 saturated carbocycles. The van der Waals surface area contributed by atoms with E-state index in [1.807, 2.05) is 39.8 Å². The molecule has 3 aromatic rings. The molecule has 0 bridgehead atoms. The first-order valence-corrected chi connectivity index (χ1v) is 16.2. The first-order valence-electron chi connectivity index (χ1n) is 16.2. The van der Waals surface area contributed by atoms with Gasteiger partial charge in [-0.1, -0.05) is 98.4 Å². The van der Waals surface area contributed by atoms with Crippen LogP contribution in [0.25, 0.3) is 0 Å². The molecular weight excluding hydrogens is 544 g/mol. The number of aryl methyl sites for hydroxylation is 2. The molecule has 0 heterocycles. The predicted molar refractivity (Wildman–Crippen MR) is 182 cm³/mol. The lowest BCUT2D eigenvalue weighted by Gasteiger charge is -2.35. The average Bonchev–Trinajstić information content (AvgIpc) is 3.04. The Morgan fingerprint density at radius 3 is 1.70 bits per heavy atom. The van der Waals surface area contributed by atoms with Crippen LogP contribution < -0.4 is 9.47 Å². The molecule has 4 heteroatoms. The second kappa shape index (κ2) is 14.0. The molecule has 0 atom stereocenters. The fraction of sp³-hybridized carbons (Fsp3) is 0.450. The van der Waals surface area contributed by atoms with Gasteiger partial charge in [0.05, 0.1) is 5.56 Å². The number of ether oxygens (including phenoxy) is 2. The van der Waals surface area contributed by atoms with E-state index in [1.165, 1.54) is 5.56 Å². The van der Waals surface area contributed by atoms with Crippen molar-refractivity contribution in [3.8, 4) is 11.5 Å². The Balaban J connectivity index is 1.83. The zero-order chi connectivity index (χ0) is 32.9. The number of esters is 1. The van der Waals surface area contributed by atoms with Gasteiger partial charge in [-0.15, -0.1) is 0 Å². The number of rotatable bonds is 14. The zero-order valence-corrected chi connectivity index (χ0v) is 28.6. The first kappa shape index (κ1) is 34.8. The van der Waals surface area contributed by atoms with Crippen LogP contribution in [0.1, 0.15) is 130 Å². The normalized spacial score (nSPS) is 12.1. The molecule has 44 heavy (non-hydrogen) atoms. The van der Waals surface area contributed by atoms with E-state index in [0.29, 0.717) is 16.9 Å². The van der Waals surface area contributed by atoms with Crippen molar-refractivity contribution < 1.29 is 19.1 Å². The third-order valence-corrected chi connectivity index (χ3v) is 9.98. The molecule has 0 amide bonds. The zero-order valence-electron chi connectivity index (χ0n) is 28.6. The van der Waals surface area contributed by atoms with Crippen LogP contribution in [0.15, 0.2) is 72.8 Å². The Morgan fingerprint density at radius 1 is 0.705 bits per heavy atom. The molecule has 0 saturated heterocycles. The summed E-state index contributed by atoms with van der Waals surface area (Å²) in [5.41, 5.74) is 5.17. The highest BCUT2D eigenvalue weighted by Gasteiger charge is 2.33. The van der Waals surface area contributed by atoms with Gasteiger partial charge in [-0.3, -0.25) is 4.79 Å². The lowest BCUT2D eigenvalue weighted by Crippen LogP contribution is -2.36. The summed E-state index contributed by atoms with van der Waals surface area (Å²) in [5.74, 6) is 0.971. The number of ketones is 1. The lowest BCUT2D eigenvalue weighted by molar-refractivity contribution is 0.0733. The van der Waals surface area contributed by atoms with Crippen LogP contribution in [-0.2, 0) is 5.41 Å². The van der Waals surface area contributed by atoms with Gasteiger partial charge in [0.1, 0.15) is 17.1 Å². The van der Waals surface area contributed by atoms with Gasteiger partial charge in [-0.25, -0.2) is 4.79 Å². The minimum atomic E-state index is -0.475. The summed E-state index contributed by atoms with van der Waals surface area (Å²) < 4.78 is 12.5.